The van der Waals surface area contributed by atoms with Crippen molar-refractivity contribution in [2.24, 2.45) is 11.7 Å². The molecule has 0 aliphatic rings. The number of anilines is 1. The highest BCUT2D eigenvalue weighted by Gasteiger charge is 2.08. The van der Waals surface area contributed by atoms with Crippen molar-refractivity contribution >= 4 is 11.6 Å². The average molecular weight is 240 g/mol. The summed E-state index contributed by atoms with van der Waals surface area (Å²) in [4.78, 5) is 11.0. The summed E-state index contributed by atoms with van der Waals surface area (Å²) in [5.41, 5.74) is 5.69. The third-order valence-corrected chi connectivity index (χ3v) is 2.34. The van der Waals surface area contributed by atoms with Crippen LogP contribution in [0, 0.1) is 11.7 Å². The van der Waals surface area contributed by atoms with E-state index < -0.39 is 11.7 Å². The van der Waals surface area contributed by atoms with Crippen LogP contribution < -0.4 is 11.1 Å². The Morgan fingerprint density at radius 2 is 2.29 bits per heavy atom. The van der Waals surface area contributed by atoms with Gasteiger partial charge in [-0.15, -0.1) is 0 Å². The van der Waals surface area contributed by atoms with Crippen molar-refractivity contribution in [1.29, 1.82) is 0 Å². The number of methoxy groups -OCH3 is 1. The van der Waals surface area contributed by atoms with Crippen LogP contribution in [-0.2, 0) is 4.74 Å². The molecule has 0 aliphatic heterocycles. The molecule has 94 valence electrons. The molecule has 4 nitrogen and oxygen atoms in total. The fraction of sp³-hybridized carbons (Fsp3) is 0.417. The Morgan fingerprint density at radius 1 is 1.59 bits per heavy atom. The SMILES string of the molecule is COCC(C)CNc1cc(C(N)=O)ccc1F. The van der Waals surface area contributed by atoms with E-state index in [4.69, 9.17) is 10.5 Å². The van der Waals surface area contributed by atoms with E-state index in [1.54, 1.807) is 7.11 Å². The van der Waals surface area contributed by atoms with Gasteiger partial charge in [-0.2, -0.15) is 0 Å². The van der Waals surface area contributed by atoms with Crippen molar-refractivity contribution in [3.8, 4) is 0 Å². The standard InChI is InChI=1S/C12H17FN2O2/c1-8(7-17-2)6-15-11-5-9(12(14)16)3-4-10(11)13/h3-5,8,15H,6-7H2,1-2H3,(H2,14,16). The number of amides is 1. The topological polar surface area (TPSA) is 64.3 Å². The summed E-state index contributed by atoms with van der Waals surface area (Å²) < 4.78 is 18.4. The van der Waals surface area contributed by atoms with Gasteiger partial charge in [-0.25, -0.2) is 4.39 Å². The van der Waals surface area contributed by atoms with Crippen molar-refractivity contribution in [3.05, 3.63) is 29.6 Å². The number of ether oxygens (including phenoxy) is 1. The summed E-state index contributed by atoms with van der Waals surface area (Å²) in [7, 11) is 1.62. The predicted octanol–water partition coefficient (Wildman–Crippen LogP) is 1.62. The largest absolute Gasteiger partial charge is 0.384 e. The van der Waals surface area contributed by atoms with E-state index >= 15 is 0 Å². The Morgan fingerprint density at radius 3 is 2.88 bits per heavy atom. The molecule has 1 unspecified atom stereocenters. The Balaban J connectivity index is 2.69. The van der Waals surface area contributed by atoms with Gasteiger partial charge in [0.1, 0.15) is 5.82 Å². The molecule has 1 amide bonds. The minimum atomic E-state index is -0.571. The lowest BCUT2D eigenvalue weighted by Crippen LogP contribution is -2.17. The van der Waals surface area contributed by atoms with Gasteiger partial charge < -0.3 is 15.8 Å². The zero-order valence-corrected chi connectivity index (χ0v) is 10.00. The molecule has 1 atom stereocenters. The molecule has 0 saturated carbocycles. The number of nitrogens with two attached hydrogens (primary N) is 1. The minimum absolute atomic E-state index is 0.247. The van der Waals surface area contributed by atoms with E-state index in [1.165, 1.54) is 18.2 Å². The number of benzene rings is 1. The van der Waals surface area contributed by atoms with Crippen molar-refractivity contribution in [2.75, 3.05) is 25.6 Å². The van der Waals surface area contributed by atoms with Crippen molar-refractivity contribution in [3.63, 3.8) is 0 Å². The third kappa shape index (κ3) is 4.03. The Kier molecular flexibility index (Phi) is 4.90. The molecule has 17 heavy (non-hydrogen) atoms. The third-order valence-electron chi connectivity index (χ3n) is 2.34. The van der Waals surface area contributed by atoms with Gasteiger partial charge in [0.15, 0.2) is 0 Å². The normalized spacial score (nSPS) is 12.2. The summed E-state index contributed by atoms with van der Waals surface area (Å²) in [6.45, 7) is 3.13. The molecule has 5 heteroatoms. The second-order valence-electron chi connectivity index (χ2n) is 4.00. The fourth-order valence-corrected chi connectivity index (χ4v) is 1.44. The van der Waals surface area contributed by atoms with Crippen LogP contribution in [0.5, 0.6) is 0 Å². The highest BCUT2D eigenvalue weighted by atomic mass is 19.1. The molecule has 3 N–H and O–H groups in total. The van der Waals surface area contributed by atoms with Gasteiger partial charge in [0, 0.05) is 19.2 Å². The Hall–Kier alpha value is -1.62. The van der Waals surface area contributed by atoms with Gasteiger partial charge >= 0.3 is 0 Å². The Bertz CT molecular complexity index is 396. The summed E-state index contributed by atoms with van der Waals surface area (Å²) in [5, 5.41) is 2.93. The lowest BCUT2D eigenvalue weighted by molar-refractivity contribution is 0.100. The first-order chi connectivity index (χ1) is 8.04. The van der Waals surface area contributed by atoms with Gasteiger partial charge in [0.05, 0.1) is 12.3 Å². The number of primary amides is 1. The maximum Gasteiger partial charge on any atom is 0.248 e. The summed E-state index contributed by atoms with van der Waals surface area (Å²) in [5.74, 6) is -0.728. The second-order valence-corrected chi connectivity index (χ2v) is 4.00. The van der Waals surface area contributed by atoms with E-state index in [-0.39, 0.29) is 17.2 Å². The molecule has 0 saturated heterocycles. The smallest absolute Gasteiger partial charge is 0.248 e. The first kappa shape index (κ1) is 13.4. The molecule has 0 fully saturated rings. The molecular weight excluding hydrogens is 223 g/mol. The number of hydrogen-bond donors (Lipinski definition) is 2. The molecule has 0 bridgehead atoms. The summed E-state index contributed by atoms with van der Waals surface area (Å²) in [6, 6.07) is 4.00. The fourth-order valence-electron chi connectivity index (χ4n) is 1.44. The number of carbonyl (C=O) groups is 1. The number of rotatable bonds is 6. The number of nitrogens with one attached hydrogen (secondary N) is 1. The highest BCUT2D eigenvalue weighted by Crippen LogP contribution is 2.16. The van der Waals surface area contributed by atoms with E-state index in [2.05, 4.69) is 5.32 Å². The first-order valence-corrected chi connectivity index (χ1v) is 5.36. The summed E-state index contributed by atoms with van der Waals surface area (Å²) in [6.07, 6.45) is 0. The van der Waals surface area contributed by atoms with Crippen LogP contribution >= 0.6 is 0 Å². The molecule has 1 aromatic rings. The van der Waals surface area contributed by atoms with Gasteiger partial charge in [-0.1, -0.05) is 6.92 Å². The zero-order valence-electron chi connectivity index (χ0n) is 10.00. The monoisotopic (exact) mass is 240 g/mol. The lowest BCUT2D eigenvalue weighted by atomic mass is 10.1. The van der Waals surface area contributed by atoms with Gasteiger partial charge in [0.2, 0.25) is 5.91 Å². The lowest BCUT2D eigenvalue weighted by Gasteiger charge is -2.13. The van der Waals surface area contributed by atoms with E-state index in [1.807, 2.05) is 6.92 Å². The van der Waals surface area contributed by atoms with Crippen LogP contribution in [0.4, 0.5) is 10.1 Å². The van der Waals surface area contributed by atoms with E-state index in [9.17, 15) is 9.18 Å². The van der Waals surface area contributed by atoms with Crippen molar-refractivity contribution < 1.29 is 13.9 Å². The number of carbonyl (C=O) groups excluding carboxylic acids is 1. The van der Waals surface area contributed by atoms with Crippen molar-refractivity contribution in [2.45, 2.75) is 6.92 Å². The molecule has 0 aliphatic carbocycles. The molecule has 0 radical (unpaired) electrons. The Labute approximate surface area is 100.0 Å². The van der Waals surface area contributed by atoms with Crippen LogP contribution in [0.15, 0.2) is 18.2 Å². The highest BCUT2D eigenvalue weighted by molar-refractivity contribution is 5.93. The molecule has 0 heterocycles. The molecule has 1 aromatic carbocycles. The van der Waals surface area contributed by atoms with Crippen LogP contribution in [0.2, 0.25) is 0 Å². The van der Waals surface area contributed by atoms with Crippen LogP contribution in [0.25, 0.3) is 0 Å². The van der Waals surface area contributed by atoms with Crippen LogP contribution in [0.3, 0.4) is 0 Å². The average Bonchev–Trinajstić information content (AvgIpc) is 2.28. The molecule has 1 rings (SSSR count). The van der Waals surface area contributed by atoms with Crippen LogP contribution in [-0.4, -0.2) is 26.2 Å². The van der Waals surface area contributed by atoms with Gasteiger partial charge in [0.25, 0.3) is 0 Å². The quantitative estimate of drug-likeness (QED) is 0.794. The maximum atomic E-state index is 13.4. The number of hydrogen-bond acceptors (Lipinski definition) is 3. The van der Waals surface area contributed by atoms with Crippen LogP contribution in [0.1, 0.15) is 17.3 Å². The second kappa shape index (κ2) is 6.20. The maximum absolute atomic E-state index is 13.4. The molecule has 0 aromatic heterocycles. The summed E-state index contributed by atoms with van der Waals surface area (Å²) >= 11 is 0. The van der Waals surface area contributed by atoms with E-state index in [0.717, 1.165) is 0 Å². The van der Waals surface area contributed by atoms with Gasteiger partial charge in [-0.05, 0) is 24.1 Å². The predicted molar refractivity (Wildman–Crippen MR) is 64.4 cm³/mol. The molecule has 0 spiro atoms. The number of halogens is 1. The van der Waals surface area contributed by atoms with Crippen molar-refractivity contribution in [1.82, 2.24) is 0 Å². The molecular formula is C12H17FN2O2. The van der Waals surface area contributed by atoms with E-state index in [0.29, 0.717) is 13.2 Å². The first-order valence-electron chi connectivity index (χ1n) is 5.36. The zero-order chi connectivity index (χ0) is 12.8. The van der Waals surface area contributed by atoms with Gasteiger partial charge in [-0.3, -0.25) is 4.79 Å². The minimum Gasteiger partial charge on any atom is -0.384 e.